The average molecular weight is 183 g/mol. The van der Waals surface area contributed by atoms with Crippen LogP contribution in [0.15, 0.2) is 12.1 Å². The van der Waals surface area contributed by atoms with Crippen molar-refractivity contribution in [2.75, 3.05) is 24.3 Å². The van der Waals surface area contributed by atoms with Gasteiger partial charge in [-0.25, -0.2) is 4.98 Å². The van der Waals surface area contributed by atoms with Crippen LogP contribution in [0.25, 0.3) is 0 Å². The molecule has 0 atom stereocenters. The van der Waals surface area contributed by atoms with Gasteiger partial charge in [-0.2, -0.15) is 0 Å². The second-order valence-corrected chi connectivity index (χ2v) is 2.86. The molecule has 72 valence electrons. The van der Waals surface area contributed by atoms with Gasteiger partial charge in [-0.1, -0.05) is 0 Å². The summed E-state index contributed by atoms with van der Waals surface area (Å²) >= 11 is 0. The molecule has 3 N–H and O–H groups in total. The van der Waals surface area contributed by atoms with E-state index in [1.807, 2.05) is 13.0 Å². The molecule has 3 nitrogen and oxygen atoms in total. The lowest BCUT2D eigenvalue weighted by Gasteiger charge is -2.07. The van der Waals surface area contributed by atoms with Gasteiger partial charge in [0.25, 0.3) is 0 Å². The largest absolute Gasteiger partial charge is 0.396 e. The molecule has 0 saturated heterocycles. The number of nitrogens with one attached hydrogen (secondary N) is 1. The van der Waals surface area contributed by atoms with E-state index in [4.69, 9.17) is 5.73 Å². The number of aryl methyl sites for hydroxylation is 1. The van der Waals surface area contributed by atoms with Gasteiger partial charge in [0.05, 0.1) is 12.4 Å². The molecule has 0 amide bonds. The molecular weight excluding hydrogens is 169 g/mol. The first-order valence-electron chi connectivity index (χ1n) is 4.27. The van der Waals surface area contributed by atoms with Crippen molar-refractivity contribution < 1.29 is 4.39 Å². The summed E-state index contributed by atoms with van der Waals surface area (Å²) in [6.07, 6.45) is 0.481. The summed E-state index contributed by atoms with van der Waals surface area (Å²) in [5.41, 5.74) is 7.15. The molecule has 0 unspecified atom stereocenters. The summed E-state index contributed by atoms with van der Waals surface area (Å²) in [5, 5.41) is 2.98. The molecule has 1 aromatic rings. The average Bonchev–Trinajstić information content (AvgIpc) is 2.11. The van der Waals surface area contributed by atoms with Crippen molar-refractivity contribution in [3.8, 4) is 0 Å². The Hall–Kier alpha value is -1.32. The number of pyridine rings is 1. The van der Waals surface area contributed by atoms with Gasteiger partial charge in [0.15, 0.2) is 0 Å². The van der Waals surface area contributed by atoms with E-state index in [1.54, 1.807) is 6.07 Å². The highest BCUT2D eigenvalue weighted by Gasteiger charge is 1.99. The van der Waals surface area contributed by atoms with Gasteiger partial charge in [0, 0.05) is 12.2 Å². The topological polar surface area (TPSA) is 50.9 Å². The highest BCUT2D eigenvalue weighted by Crippen LogP contribution is 2.14. The number of nitrogens with two attached hydrogens (primary N) is 1. The van der Waals surface area contributed by atoms with Crippen molar-refractivity contribution in [1.29, 1.82) is 0 Å². The minimum Gasteiger partial charge on any atom is -0.396 e. The molecule has 0 aromatic carbocycles. The van der Waals surface area contributed by atoms with Gasteiger partial charge in [0.2, 0.25) is 0 Å². The van der Waals surface area contributed by atoms with Gasteiger partial charge in [-0.05, 0) is 25.5 Å². The van der Waals surface area contributed by atoms with E-state index < -0.39 is 0 Å². The Morgan fingerprint density at radius 3 is 3.00 bits per heavy atom. The lowest BCUT2D eigenvalue weighted by Crippen LogP contribution is -2.07. The lowest BCUT2D eigenvalue weighted by molar-refractivity contribution is 0.481. The molecule has 0 bridgehead atoms. The fourth-order valence-corrected chi connectivity index (χ4v) is 0.983. The van der Waals surface area contributed by atoms with Crippen LogP contribution in [0.2, 0.25) is 0 Å². The maximum atomic E-state index is 11.8. The second-order valence-electron chi connectivity index (χ2n) is 2.86. The lowest BCUT2D eigenvalue weighted by atomic mass is 10.3. The van der Waals surface area contributed by atoms with Crippen LogP contribution in [-0.2, 0) is 0 Å². The minimum atomic E-state index is -0.321. The molecule has 13 heavy (non-hydrogen) atoms. The van der Waals surface area contributed by atoms with Crippen LogP contribution in [0.1, 0.15) is 12.1 Å². The van der Waals surface area contributed by atoms with E-state index in [0.29, 0.717) is 24.5 Å². The number of hydrogen-bond donors (Lipinski definition) is 2. The molecule has 0 radical (unpaired) electrons. The maximum absolute atomic E-state index is 11.8. The molecule has 0 aliphatic rings. The van der Waals surface area contributed by atoms with Crippen LogP contribution in [0.3, 0.4) is 0 Å². The van der Waals surface area contributed by atoms with Gasteiger partial charge >= 0.3 is 0 Å². The van der Waals surface area contributed by atoms with Crippen molar-refractivity contribution in [2.45, 2.75) is 13.3 Å². The molecular formula is C9H14FN3. The number of aromatic nitrogens is 1. The maximum Gasteiger partial charge on any atom is 0.149 e. The van der Waals surface area contributed by atoms with Crippen LogP contribution in [0.5, 0.6) is 0 Å². The summed E-state index contributed by atoms with van der Waals surface area (Å²) in [6.45, 7) is 2.13. The third-order valence-electron chi connectivity index (χ3n) is 1.67. The SMILES string of the molecule is Cc1ccc(N)c(NCCCF)n1. The third kappa shape index (κ3) is 2.89. The van der Waals surface area contributed by atoms with Crippen molar-refractivity contribution in [3.05, 3.63) is 17.8 Å². The fourth-order valence-electron chi connectivity index (χ4n) is 0.983. The molecule has 0 saturated carbocycles. The standard InChI is InChI=1S/C9H14FN3/c1-7-3-4-8(11)9(13-7)12-6-2-5-10/h3-4H,2,5-6,11H2,1H3,(H,12,13). The van der Waals surface area contributed by atoms with Crippen molar-refractivity contribution in [3.63, 3.8) is 0 Å². The number of anilines is 2. The predicted octanol–water partition coefficient (Wildman–Crippen LogP) is 1.74. The zero-order chi connectivity index (χ0) is 9.68. The van der Waals surface area contributed by atoms with Crippen LogP contribution in [0, 0.1) is 6.92 Å². The van der Waals surface area contributed by atoms with Crippen molar-refractivity contribution in [2.24, 2.45) is 0 Å². The first-order valence-corrected chi connectivity index (χ1v) is 4.27. The van der Waals surface area contributed by atoms with E-state index in [0.717, 1.165) is 5.69 Å². The quantitative estimate of drug-likeness (QED) is 0.699. The van der Waals surface area contributed by atoms with Crippen LogP contribution in [-0.4, -0.2) is 18.2 Å². The van der Waals surface area contributed by atoms with Gasteiger partial charge in [-0.15, -0.1) is 0 Å². The number of rotatable bonds is 4. The third-order valence-corrected chi connectivity index (χ3v) is 1.67. The van der Waals surface area contributed by atoms with Gasteiger partial charge < -0.3 is 11.1 Å². The summed E-state index contributed by atoms with van der Waals surface area (Å²) in [5.74, 6) is 0.647. The monoisotopic (exact) mass is 183 g/mol. The highest BCUT2D eigenvalue weighted by atomic mass is 19.1. The Morgan fingerprint density at radius 1 is 1.54 bits per heavy atom. The summed E-state index contributed by atoms with van der Waals surface area (Å²) in [7, 11) is 0. The van der Waals surface area contributed by atoms with Crippen molar-refractivity contribution >= 4 is 11.5 Å². The van der Waals surface area contributed by atoms with Gasteiger partial charge in [-0.3, -0.25) is 4.39 Å². The smallest absolute Gasteiger partial charge is 0.149 e. The molecule has 1 rings (SSSR count). The Morgan fingerprint density at radius 2 is 2.31 bits per heavy atom. The number of nitrogen functional groups attached to an aromatic ring is 1. The minimum absolute atomic E-state index is 0.321. The van der Waals surface area contributed by atoms with E-state index in [1.165, 1.54) is 0 Å². The van der Waals surface area contributed by atoms with E-state index in [9.17, 15) is 4.39 Å². The molecule has 0 spiro atoms. The van der Waals surface area contributed by atoms with Crippen LogP contribution >= 0.6 is 0 Å². The number of halogens is 1. The highest BCUT2D eigenvalue weighted by molar-refractivity contribution is 5.61. The normalized spacial score (nSPS) is 10.0. The Labute approximate surface area is 77.2 Å². The zero-order valence-electron chi connectivity index (χ0n) is 7.68. The summed E-state index contributed by atoms with van der Waals surface area (Å²) in [4.78, 5) is 4.19. The van der Waals surface area contributed by atoms with Crippen LogP contribution < -0.4 is 11.1 Å². The van der Waals surface area contributed by atoms with E-state index in [2.05, 4.69) is 10.3 Å². The van der Waals surface area contributed by atoms with Crippen LogP contribution in [0.4, 0.5) is 15.9 Å². The van der Waals surface area contributed by atoms with E-state index in [-0.39, 0.29) is 6.67 Å². The zero-order valence-corrected chi connectivity index (χ0v) is 7.68. The van der Waals surface area contributed by atoms with Crippen molar-refractivity contribution in [1.82, 2.24) is 4.98 Å². The molecule has 0 aliphatic heterocycles. The second kappa shape index (κ2) is 4.64. The Balaban J connectivity index is 2.59. The molecule has 1 aromatic heterocycles. The fraction of sp³-hybridized carbons (Fsp3) is 0.444. The molecule has 0 aliphatic carbocycles. The Bertz CT molecular complexity index is 276. The van der Waals surface area contributed by atoms with E-state index >= 15 is 0 Å². The summed E-state index contributed by atoms with van der Waals surface area (Å²) < 4.78 is 11.8. The predicted molar refractivity (Wildman–Crippen MR) is 52.5 cm³/mol. The first-order chi connectivity index (χ1) is 6.24. The molecule has 0 fully saturated rings. The number of hydrogen-bond acceptors (Lipinski definition) is 3. The molecule has 1 heterocycles. The number of alkyl halides is 1. The first kappa shape index (κ1) is 9.77. The summed E-state index contributed by atoms with van der Waals surface area (Å²) in [6, 6.07) is 3.63. The Kier molecular flexibility index (Phi) is 3.49. The van der Waals surface area contributed by atoms with Gasteiger partial charge in [0.1, 0.15) is 5.82 Å². The molecule has 4 heteroatoms. The number of nitrogens with zero attached hydrogens (tertiary/aromatic N) is 1.